The van der Waals surface area contributed by atoms with Crippen molar-refractivity contribution in [3.05, 3.63) is 0 Å². The van der Waals surface area contributed by atoms with E-state index in [-0.39, 0.29) is 0 Å². The summed E-state index contributed by atoms with van der Waals surface area (Å²) in [5, 5.41) is 0. The summed E-state index contributed by atoms with van der Waals surface area (Å²) in [5.74, 6) is 0. The van der Waals surface area contributed by atoms with Crippen LogP contribution in [0.5, 0.6) is 0 Å². The van der Waals surface area contributed by atoms with Crippen molar-refractivity contribution in [2.45, 2.75) is 13.8 Å². The minimum Gasteiger partial charge on any atom is -0.303 e. The maximum atomic E-state index is 10.5. The van der Waals surface area contributed by atoms with Crippen molar-refractivity contribution in [2.24, 2.45) is 0 Å². The third kappa shape index (κ3) is 4.82. The van der Waals surface area contributed by atoms with Gasteiger partial charge in [-0.15, -0.1) is 0 Å². The first-order valence-electron chi connectivity index (χ1n) is 4.16. The SMILES string of the molecule is CCN(CC)CCN(C)S(=O)O. The molecular formula is C7H18N2O2S. The Labute approximate surface area is 77.0 Å². The van der Waals surface area contributed by atoms with E-state index in [0.717, 1.165) is 19.6 Å². The molecule has 1 unspecified atom stereocenters. The van der Waals surface area contributed by atoms with Gasteiger partial charge in [-0.1, -0.05) is 13.8 Å². The standard InChI is InChI=1S/C7H18N2O2S/c1-4-9(5-2)7-6-8(3)12(10)11/h4-7H2,1-3H3,(H,10,11). The van der Waals surface area contributed by atoms with E-state index >= 15 is 0 Å². The molecule has 0 spiro atoms. The number of likely N-dealkylation sites (N-methyl/N-ethyl adjacent to an activating group) is 2. The lowest BCUT2D eigenvalue weighted by atomic mass is 10.5. The summed E-state index contributed by atoms with van der Waals surface area (Å²) >= 11 is -1.82. The predicted molar refractivity (Wildman–Crippen MR) is 51.2 cm³/mol. The first-order valence-corrected chi connectivity index (χ1v) is 5.22. The summed E-state index contributed by atoms with van der Waals surface area (Å²) in [6.45, 7) is 7.62. The normalized spacial score (nSPS) is 14.2. The van der Waals surface area contributed by atoms with Gasteiger partial charge >= 0.3 is 0 Å². The fourth-order valence-electron chi connectivity index (χ4n) is 0.900. The van der Waals surface area contributed by atoms with E-state index in [9.17, 15) is 4.21 Å². The van der Waals surface area contributed by atoms with Crippen LogP contribution in [0.4, 0.5) is 0 Å². The van der Waals surface area contributed by atoms with Crippen LogP contribution in [0.3, 0.4) is 0 Å². The molecular weight excluding hydrogens is 176 g/mol. The van der Waals surface area contributed by atoms with Gasteiger partial charge in [-0.3, -0.25) is 4.55 Å². The van der Waals surface area contributed by atoms with Crippen LogP contribution in [0, 0.1) is 0 Å². The van der Waals surface area contributed by atoms with Gasteiger partial charge in [-0.25, -0.2) is 8.51 Å². The molecule has 0 aromatic heterocycles. The third-order valence-electron chi connectivity index (χ3n) is 1.89. The summed E-state index contributed by atoms with van der Waals surface area (Å²) in [5.41, 5.74) is 0. The molecule has 0 aromatic carbocycles. The van der Waals surface area contributed by atoms with Gasteiger partial charge in [-0.2, -0.15) is 0 Å². The Hall–Kier alpha value is 0.0300. The zero-order valence-corrected chi connectivity index (χ0v) is 8.80. The zero-order valence-electron chi connectivity index (χ0n) is 7.99. The zero-order chi connectivity index (χ0) is 9.56. The molecule has 0 aliphatic carbocycles. The van der Waals surface area contributed by atoms with Crippen LogP contribution < -0.4 is 0 Å². The summed E-state index contributed by atoms with van der Waals surface area (Å²) < 4.78 is 20.6. The van der Waals surface area contributed by atoms with E-state index in [0.29, 0.717) is 6.54 Å². The molecule has 1 N–H and O–H groups in total. The van der Waals surface area contributed by atoms with Crippen molar-refractivity contribution in [1.82, 2.24) is 9.21 Å². The number of hydrogen-bond donors (Lipinski definition) is 1. The van der Waals surface area contributed by atoms with Gasteiger partial charge in [0.2, 0.25) is 11.3 Å². The first-order chi connectivity index (χ1) is 5.61. The lowest BCUT2D eigenvalue weighted by Crippen LogP contribution is -2.33. The van der Waals surface area contributed by atoms with E-state index in [1.165, 1.54) is 4.31 Å². The van der Waals surface area contributed by atoms with Crippen LogP contribution in [0.2, 0.25) is 0 Å². The van der Waals surface area contributed by atoms with E-state index in [2.05, 4.69) is 18.7 Å². The Kier molecular flexibility index (Phi) is 6.55. The monoisotopic (exact) mass is 194 g/mol. The molecule has 0 fully saturated rings. The van der Waals surface area contributed by atoms with Crippen molar-refractivity contribution >= 4 is 11.3 Å². The summed E-state index contributed by atoms with van der Waals surface area (Å²) in [6.07, 6.45) is 0. The maximum absolute atomic E-state index is 10.5. The van der Waals surface area contributed by atoms with Crippen LogP contribution in [-0.2, 0) is 11.3 Å². The second kappa shape index (κ2) is 6.54. The molecule has 12 heavy (non-hydrogen) atoms. The molecule has 0 bridgehead atoms. The largest absolute Gasteiger partial charge is 0.303 e. The Bertz CT molecular complexity index is 139. The lowest BCUT2D eigenvalue weighted by Gasteiger charge is -2.20. The van der Waals surface area contributed by atoms with Gasteiger partial charge in [0.25, 0.3) is 0 Å². The van der Waals surface area contributed by atoms with Gasteiger partial charge in [0.15, 0.2) is 0 Å². The first kappa shape index (κ1) is 12.0. The molecule has 0 amide bonds. The van der Waals surface area contributed by atoms with E-state index < -0.39 is 11.3 Å². The van der Waals surface area contributed by atoms with Crippen molar-refractivity contribution in [3.8, 4) is 0 Å². The van der Waals surface area contributed by atoms with Crippen LogP contribution in [0.15, 0.2) is 0 Å². The summed E-state index contributed by atoms with van der Waals surface area (Å²) in [4.78, 5) is 2.21. The van der Waals surface area contributed by atoms with Crippen molar-refractivity contribution in [1.29, 1.82) is 0 Å². The third-order valence-corrected chi connectivity index (χ3v) is 2.61. The van der Waals surface area contributed by atoms with E-state index in [4.69, 9.17) is 4.55 Å². The number of rotatable bonds is 6. The van der Waals surface area contributed by atoms with Gasteiger partial charge in [-0.05, 0) is 13.1 Å². The Morgan fingerprint density at radius 3 is 2.08 bits per heavy atom. The molecule has 0 rings (SSSR count). The summed E-state index contributed by atoms with van der Waals surface area (Å²) in [6, 6.07) is 0. The van der Waals surface area contributed by atoms with Crippen molar-refractivity contribution in [2.75, 3.05) is 33.2 Å². The number of hydrogen-bond acceptors (Lipinski definition) is 2. The van der Waals surface area contributed by atoms with Gasteiger partial charge < -0.3 is 4.90 Å². The molecule has 0 aliphatic heterocycles. The fraction of sp³-hybridized carbons (Fsp3) is 1.00. The highest BCUT2D eigenvalue weighted by molar-refractivity contribution is 7.76. The number of nitrogens with zero attached hydrogens (tertiary/aromatic N) is 2. The smallest absolute Gasteiger partial charge is 0.234 e. The van der Waals surface area contributed by atoms with Gasteiger partial charge in [0, 0.05) is 20.1 Å². The molecule has 0 aliphatic rings. The van der Waals surface area contributed by atoms with Gasteiger partial charge in [0.1, 0.15) is 0 Å². The molecule has 0 saturated carbocycles. The van der Waals surface area contributed by atoms with Gasteiger partial charge in [0.05, 0.1) is 0 Å². The highest BCUT2D eigenvalue weighted by Crippen LogP contribution is 1.90. The van der Waals surface area contributed by atoms with Crippen LogP contribution in [0.25, 0.3) is 0 Å². The Morgan fingerprint density at radius 2 is 1.75 bits per heavy atom. The topological polar surface area (TPSA) is 43.8 Å². The molecule has 0 radical (unpaired) electrons. The molecule has 0 heterocycles. The molecule has 74 valence electrons. The average Bonchev–Trinajstić information content (AvgIpc) is 2.05. The van der Waals surface area contributed by atoms with Crippen LogP contribution >= 0.6 is 0 Å². The van der Waals surface area contributed by atoms with Crippen molar-refractivity contribution < 1.29 is 8.76 Å². The molecule has 1 atom stereocenters. The predicted octanol–water partition coefficient (Wildman–Crippen LogP) is 0.397. The average molecular weight is 194 g/mol. The maximum Gasteiger partial charge on any atom is 0.234 e. The van der Waals surface area contributed by atoms with Crippen molar-refractivity contribution in [3.63, 3.8) is 0 Å². The second-order valence-corrected chi connectivity index (χ2v) is 3.69. The summed E-state index contributed by atoms with van der Waals surface area (Å²) in [7, 11) is 1.64. The lowest BCUT2D eigenvalue weighted by molar-refractivity contribution is 0.281. The van der Waals surface area contributed by atoms with Crippen LogP contribution in [0.1, 0.15) is 13.8 Å². The van der Waals surface area contributed by atoms with E-state index in [1.54, 1.807) is 7.05 Å². The molecule has 0 aromatic rings. The quantitative estimate of drug-likeness (QED) is 0.622. The highest BCUT2D eigenvalue weighted by atomic mass is 32.2. The second-order valence-electron chi connectivity index (χ2n) is 2.61. The minimum atomic E-state index is -1.82. The fourth-order valence-corrected chi connectivity index (χ4v) is 1.14. The Balaban J connectivity index is 3.58. The molecule has 0 saturated heterocycles. The van der Waals surface area contributed by atoms with E-state index in [1.807, 2.05) is 0 Å². The highest BCUT2D eigenvalue weighted by Gasteiger charge is 2.05. The molecule has 5 heteroatoms. The Morgan fingerprint density at radius 1 is 1.25 bits per heavy atom. The molecule has 4 nitrogen and oxygen atoms in total. The van der Waals surface area contributed by atoms with Crippen LogP contribution in [-0.4, -0.2) is 51.2 Å². The minimum absolute atomic E-state index is 0.630.